The van der Waals surface area contributed by atoms with Crippen LogP contribution < -0.4 is 5.32 Å². The van der Waals surface area contributed by atoms with E-state index in [1.54, 1.807) is 6.20 Å². The summed E-state index contributed by atoms with van der Waals surface area (Å²) in [7, 11) is 0. The monoisotopic (exact) mass is 360 g/mol. The molecule has 1 heterocycles. The lowest BCUT2D eigenvalue weighted by atomic mass is 9.78. The minimum Gasteiger partial charge on any atom is -0.441 e. The van der Waals surface area contributed by atoms with Gasteiger partial charge < -0.3 is 9.73 Å². The van der Waals surface area contributed by atoms with Gasteiger partial charge >= 0.3 is 0 Å². The highest BCUT2D eigenvalue weighted by Crippen LogP contribution is 2.31. The summed E-state index contributed by atoms with van der Waals surface area (Å²) in [6.07, 6.45) is 7.07. The highest BCUT2D eigenvalue weighted by molar-refractivity contribution is 6.30. The molecule has 0 radical (unpaired) electrons. The fourth-order valence-corrected chi connectivity index (χ4v) is 3.44. The average Bonchev–Trinajstić information content (AvgIpc) is 3.06. The summed E-state index contributed by atoms with van der Waals surface area (Å²) in [5.74, 6) is 2.12. The van der Waals surface area contributed by atoms with E-state index in [0.717, 1.165) is 24.3 Å². The van der Waals surface area contributed by atoms with Crippen LogP contribution in [0.25, 0.3) is 11.3 Å². The summed E-state index contributed by atoms with van der Waals surface area (Å²) in [6.45, 7) is 4.43. The van der Waals surface area contributed by atoms with Gasteiger partial charge in [0.1, 0.15) is 0 Å². The fourth-order valence-electron chi connectivity index (χ4n) is 3.32. The van der Waals surface area contributed by atoms with Crippen molar-refractivity contribution in [3.63, 3.8) is 0 Å². The van der Waals surface area contributed by atoms with E-state index in [1.807, 2.05) is 24.3 Å². The first-order valence-electron chi connectivity index (χ1n) is 8.95. The molecular formula is C20H25ClN2O2. The van der Waals surface area contributed by atoms with E-state index < -0.39 is 0 Å². The summed E-state index contributed by atoms with van der Waals surface area (Å²) in [5.41, 5.74) is 0.866. The van der Waals surface area contributed by atoms with E-state index >= 15 is 0 Å². The Kier molecular flexibility index (Phi) is 5.48. The van der Waals surface area contributed by atoms with Crippen molar-refractivity contribution in [2.24, 2.45) is 5.92 Å². The van der Waals surface area contributed by atoms with Crippen molar-refractivity contribution >= 4 is 17.5 Å². The Bertz CT molecular complexity index is 716. The minimum absolute atomic E-state index is 0.0609. The molecule has 0 atom stereocenters. The molecule has 1 aromatic carbocycles. The topological polar surface area (TPSA) is 55.1 Å². The molecule has 0 aliphatic heterocycles. The molecule has 1 saturated carbocycles. The molecule has 1 aliphatic rings. The number of carbonyl (C=O) groups is 1. The van der Waals surface area contributed by atoms with Gasteiger partial charge in [-0.05, 0) is 62.8 Å². The van der Waals surface area contributed by atoms with Crippen molar-refractivity contribution in [1.29, 1.82) is 0 Å². The van der Waals surface area contributed by atoms with Crippen LogP contribution in [0.2, 0.25) is 5.02 Å². The largest absolute Gasteiger partial charge is 0.441 e. The van der Waals surface area contributed by atoms with Crippen LogP contribution in [-0.4, -0.2) is 16.4 Å². The number of halogens is 1. The molecule has 0 saturated heterocycles. The van der Waals surface area contributed by atoms with E-state index in [-0.39, 0.29) is 11.4 Å². The lowest BCUT2D eigenvalue weighted by molar-refractivity contribution is -0.123. The molecule has 1 amide bonds. The van der Waals surface area contributed by atoms with Gasteiger partial charge in [-0.1, -0.05) is 18.5 Å². The second kappa shape index (κ2) is 7.61. The molecule has 1 aliphatic carbocycles. The van der Waals surface area contributed by atoms with Crippen LogP contribution in [0.3, 0.4) is 0 Å². The summed E-state index contributed by atoms with van der Waals surface area (Å²) in [5, 5.41) is 3.89. The Balaban J connectivity index is 1.52. The molecule has 1 N–H and O–H groups in total. The van der Waals surface area contributed by atoms with Crippen LogP contribution in [-0.2, 0) is 11.2 Å². The van der Waals surface area contributed by atoms with E-state index in [2.05, 4.69) is 24.1 Å². The molecule has 0 bridgehead atoms. The Morgan fingerprint density at radius 2 is 2.00 bits per heavy atom. The number of amides is 1. The molecule has 0 unspecified atom stereocenters. The van der Waals surface area contributed by atoms with Crippen molar-refractivity contribution in [1.82, 2.24) is 10.3 Å². The van der Waals surface area contributed by atoms with Gasteiger partial charge in [0, 0.05) is 29.0 Å². The van der Waals surface area contributed by atoms with Gasteiger partial charge in [0.2, 0.25) is 5.91 Å². The Morgan fingerprint density at radius 3 is 2.68 bits per heavy atom. The lowest BCUT2D eigenvalue weighted by Gasteiger charge is -2.37. The number of benzene rings is 1. The van der Waals surface area contributed by atoms with Gasteiger partial charge in [-0.2, -0.15) is 0 Å². The van der Waals surface area contributed by atoms with Crippen LogP contribution in [0, 0.1) is 5.92 Å². The zero-order valence-electron chi connectivity index (χ0n) is 14.8. The molecule has 2 aromatic rings. The molecule has 5 heteroatoms. The minimum atomic E-state index is -0.0609. The van der Waals surface area contributed by atoms with E-state index in [0.29, 0.717) is 29.5 Å². The standard InChI is InChI=1S/C20H25ClN2O2/c1-14-9-11-20(2,12-10-14)23-18(24)7-8-19-22-13-17(25-19)15-3-5-16(21)6-4-15/h3-6,13-14H,7-12H2,1-2H3,(H,23,24). The quantitative estimate of drug-likeness (QED) is 0.815. The lowest BCUT2D eigenvalue weighted by Crippen LogP contribution is -2.48. The highest BCUT2D eigenvalue weighted by Gasteiger charge is 2.30. The van der Waals surface area contributed by atoms with Gasteiger partial charge in [-0.3, -0.25) is 4.79 Å². The normalized spacial score (nSPS) is 23.4. The molecule has 0 spiro atoms. The van der Waals surface area contributed by atoms with Gasteiger partial charge in [0.15, 0.2) is 11.7 Å². The molecule has 3 rings (SSSR count). The first-order chi connectivity index (χ1) is 11.9. The van der Waals surface area contributed by atoms with Crippen LogP contribution in [0.15, 0.2) is 34.9 Å². The number of aromatic nitrogens is 1. The number of nitrogens with zero attached hydrogens (tertiary/aromatic N) is 1. The third-order valence-electron chi connectivity index (χ3n) is 5.07. The van der Waals surface area contributed by atoms with Gasteiger partial charge in [0.05, 0.1) is 6.20 Å². The number of hydrogen-bond donors (Lipinski definition) is 1. The van der Waals surface area contributed by atoms with Crippen molar-refractivity contribution in [3.8, 4) is 11.3 Å². The Labute approximate surface area is 154 Å². The number of oxazole rings is 1. The second-order valence-corrected chi connectivity index (χ2v) is 7.85. The zero-order valence-corrected chi connectivity index (χ0v) is 15.6. The fraction of sp³-hybridized carbons (Fsp3) is 0.500. The summed E-state index contributed by atoms with van der Waals surface area (Å²) in [4.78, 5) is 16.6. The molecule has 4 nitrogen and oxygen atoms in total. The van der Waals surface area contributed by atoms with Crippen LogP contribution >= 0.6 is 11.6 Å². The van der Waals surface area contributed by atoms with E-state index in [4.69, 9.17) is 16.0 Å². The van der Waals surface area contributed by atoms with Gasteiger partial charge in [0.25, 0.3) is 0 Å². The maximum absolute atomic E-state index is 12.3. The number of nitrogens with one attached hydrogen (secondary N) is 1. The van der Waals surface area contributed by atoms with Crippen LogP contribution in [0.1, 0.15) is 51.8 Å². The number of rotatable bonds is 5. The molecule has 25 heavy (non-hydrogen) atoms. The maximum atomic E-state index is 12.3. The molecule has 134 valence electrons. The number of aryl methyl sites for hydroxylation is 1. The first-order valence-corrected chi connectivity index (χ1v) is 9.33. The Hall–Kier alpha value is -1.81. The number of carbonyl (C=O) groups excluding carboxylic acids is 1. The van der Waals surface area contributed by atoms with Crippen LogP contribution in [0.5, 0.6) is 0 Å². The smallest absolute Gasteiger partial charge is 0.220 e. The average molecular weight is 361 g/mol. The second-order valence-electron chi connectivity index (χ2n) is 7.42. The first kappa shape index (κ1) is 18.0. The van der Waals surface area contributed by atoms with Gasteiger partial charge in [-0.15, -0.1) is 0 Å². The van der Waals surface area contributed by atoms with Crippen molar-refractivity contribution in [3.05, 3.63) is 41.4 Å². The van der Waals surface area contributed by atoms with Crippen molar-refractivity contribution in [2.45, 2.75) is 57.9 Å². The van der Waals surface area contributed by atoms with Gasteiger partial charge in [-0.25, -0.2) is 4.98 Å². The van der Waals surface area contributed by atoms with E-state index in [9.17, 15) is 4.79 Å². The third-order valence-corrected chi connectivity index (χ3v) is 5.32. The Morgan fingerprint density at radius 1 is 1.32 bits per heavy atom. The summed E-state index contributed by atoms with van der Waals surface area (Å²) >= 11 is 5.90. The number of hydrogen-bond acceptors (Lipinski definition) is 3. The summed E-state index contributed by atoms with van der Waals surface area (Å²) < 4.78 is 5.75. The summed E-state index contributed by atoms with van der Waals surface area (Å²) in [6, 6.07) is 7.42. The van der Waals surface area contributed by atoms with Crippen LogP contribution in [0.4, 0.5) is 0 Å². The molecule has 1 fully saturated rings. The third kappa shape index (κ3) is 4.85. The van der Waals surface area contributed by atoms with Crippen molar-refractivity contribution in [2.75, 3.05) is 0 Å². The zero-order chi connectivity index (χ0) is 17.9. The SMILES string of the molecule is CC1CCC(C)(NC(=O)CCc2ncc(-c3ccc(Cl)cc3)o2)CC1. The highest BCUT2D eigenvalue weighted by atomic mass is 35.5. The molecule has 1 aromatic heterocycles. The maximum Gasteiger partial charge on any atom is 0.220 e. The predicted molar refractivity (Wildman–Crippen MR) is 99.4 cm³/mol. The van der Waals surface area contributed by atoms with E-state index in [1.165, 1.54) is 12.8 Å². The van der Waals surface area contributed by atoms with Crippen molar-refractivity contribution < 1.29 is 9.21 Å². The predicted octanol–water partition coefficient (Wildman–Crippen LogP) is 5.01. The molecular weight excluding hydrogens is 336 g/mol.